The smallest absolute Gasteiger partial charge is 0.408 e. The Bertz CT molecular complexity index is 653. The van der Waals surface area contributed by atoms with Gasteiger partial charge in [-0.1, -0.05) is 30.3 Å². The minimum Gasteiger partial charge on any atom is -0.444 e. The quantitative estimate of drug-likeness (QED) is 0.898. The molecule has 1 atom stereocenters. The average molecular weight is 357 g/mol. The van der Waals surface area contributed by atoms with Gasteiger partial charge in [0.1, 0.15) is 11.6 Å². The van der Waals surface area contributed by atoms with Crippen LogP contribution in [0, 0.1) is 17.2 Å². The molecule has 1 heterocycles. The number of carbonyl (C=O) groups excluding carboxylic acids is 2. The van der Waals surface area contributed by atoms with Crippen molar-refractivity contribution >= 4 is 12.0 Å². The van der Waals surface area contributed by atoms with E-state index >= 15 is 0 Å². The van der Waals surface area contributed by atoms with Crippen molar-refractivity contribution in [1.82, 2.24) is 10.2 Å². The number of likely N-dealkylation sites (tertiary alicyclic amines) is 1. The van der Waals surface area contributed by atoms with Gasteiger partial charge in [-0.05, 0) is 39.2 Å². The highest BCUT2D eigenvalue weighted by molar-refractivity contribution is 5.86. The van der Waals surface area contributed by atoms with Crippen molar-refractivity contribution in [3.8, 4) is 6.07 Å². The van der Waals surface area contributed by atoms with Gasteiger partial charge < -0.3 is 15.0 Å². The van der Waals surface area contributed by atoms with Gasteiger partial charge in [0.05, 0.1) is 6.07 Å². The van der Waals surface area contributed by atoms with Crippen LogP contribution in [0.3, 0.4) is 0 Å². The second kappa shape index (κ2) is 8.70. The Hall–Kier alpha value is -2.55. The predicted molar refractivity (Wildman–Crippen MR) is 98.2 cm³/mol. The lowest BCUT2D eigenvalue weighted by atomic mass is 9.97. The molecule has 1 saturated heterocycles. The molecule has 0 bridgehead atoms. The van der Waals surface area contributed by atoms with E-state index in [1.807, 2.05) is 30.3 Å². The Morgan fingerprint density at radius 2 is 1.88 bits per heavy atom. The number of rotatable bonds is 4. The Morgan fingerprint density at radius 3 is 2.42 bits per heavy atom. The van der Waals surface area contributed by atoms with Crippen molar-refractivity contribution in [2.75, 3.05) is 13.1 Å². The Morgan fingerprint density at radius 1 is 1.27 bits per heavy atom. The molecule has 140 valence electrons. The molecular formula is C20H27N3O3. The Balaban J connectivity index is 2.08. The molecule has 1 fully saturated rings. The van der Waals surface area contributed by atoms with Crippen LogP contribution in [0.4, 0.5) is 4.79 Å². The van der Waals surface area contributed by atoms with Gasteiger partial charge >= 0.3 is 6.09 Å². The first-order chi connectivity index (χ1) is 12.3. The third-order valence-electron chi connectivity index (χ3n) is 4.26. The van der Waals surface area contributed by atoms with Crippen LogP contribution in [0.25, 0.3) is 0 Å². The van der Waals surface area contributed by atoms with Gasteiger partial charge in [-0.2, -0.15) is 5.26 Å². The van der Waals surface area contributed by atoms with Crippen LogP contribution in [0.1, 0.15) is 39.2 Å². The molecule has 1 aliphatic heterocycles. The highest BCUT2D eigenvalue weighted by Gasteiger charge is 2.30. The van der Waals surface area contributed by atoms with Gasteiger partial charge in [0.2, 0.25) is 5.91 Å². The molecule has 0 aliphatic carbocycles. The third-order valence-corrected chi connectivity index (χ3v) is 4.26. The number of amides is 2. The van der Waals surface area contributed by atoms with Crippen molar-refractivity contribution < 1.29 is 14.3 Å². The number of nitriles is 1. The maximum Gasteiger partial charge on any atom is 0.408 e. The fraction of sp³-hybridized carbons (Fsp3) is 0.550. The second-order valence-electron chi connectivity index (χ2n) is 7.62. The number of benzene rings is 1. The molecule has 2 rings (SSSR count). The van der Waals surface area contributed by atoms with Crippen LogP contribution in [0.2, 0.25) is 0 Å². The normalized spacial score (nSPS) is 16.5. The number of nitrogens with zero attached hydrogens (tertiary/aromatic N) is 2. The van der Waals surface area contributed by atoms with E-state index in [9.17, 15) is 9.59 Å². The molecule has 0 aromatic heterocycles. The third kappa shape index (κ3) is 6.07. The summed E-state index contributed by atoms with van der Waals surface area (Å²) in [6, 6.07) is 11.2. The van der Waals surface area contributed by atoms with E-state index in [0.29, 0.717) is 32.4 Å². The molecule has 26 heavy (non-hydrogen) atoms. The molecule has 1 aromatic rings. The van der Waals surface area contributed by atoms with E-state index in [4.69, 9.17) is 10.00 Å². The fourth-order valence-corrected chi connectivity index (χ4v) is 2.95. The van der Waals surface area contributed by atoms with Gasteiger partial charge in [-0.3, -0.25) is 4.79 Å². The molecule has 6 heteroatoms. The van der Waals surface area contributed by atoms with E-state index in [1.54, 1.807) is 25.7 Å². The summed E-state index contributed by atoms with van der Waals surface area (Å²) in [6.45, 7) is 6.44. The van der Waals surface area contributed by atoms with E-state index in [0.717, 1.165) is 5.56 Å². The van der Waals surface area contributed by atoms with Crippen LogP contribution in [0.15, 0.2) is 30.3 Å². The zero-order valence-corrected chi connectivity index (χ0v) is 15.7. The number of nitrogens with one attached hydrogen (secondary N) is 1. The first-order valence-corrected chi connectivity index (χ1v) is 9.00. The predicted octanol–water partition coefficient (Wildman–Crippen LogP) is 2.88. The summed E-state index contributed by atoms with van der Waals surface area (Å²) >= 11 is 0. The lowest BCUT2D eigenvalue weighted by Gasteiger charge is -2.32. The molecule has 1 aromatic carbocycles. The van der Waals surface area contributed by atoms with Crippen molar-refractivity contribution in [2.45, 2.75) is 51.7 Å². The summed E-state index contributed by atoms with van der Waals surface area (Å²) in [7, 11) is 0. The maximum absolute atomic E-state index is 13.0. The van der Waals surface area contributed by atoms with Crippen molar-refractivity contribution in [3.63, 3.8) is 0 Å². The fourth-order valence-electron chi connectivity index (χ4n) is 2.95. The van der Waals surface area contributed by atoms with Gasteiger partial charge in [-0.15, -0.1) is 0 Å². The first kappa shape index (κ1) is 19.8. The van der Waals surface area contributed by atoms with E-state index < -0.39 is 17.7 Å². The zero-order valence-electron chi connectivity index (χ0n) is 15.7. The monoisotopic (exact) mass is 357 g/mol. The highest BCUT2D eigenvalue weighted by Crippen LogP contribution is 2.18. The number of ether oxygens (including phenoxy) is 1. The number of carbonyl (C=O) groups is 2. The van der Waals surface area contributed by atoms with Gasteiger partial charge in [0.25, 0.3) is 0 Å². The minimum absolute atomic E-state index is 0.00504. The van der Waals surface area contributed by atoms with E-state index in [2.05, 4.69) is 11.4 Å². The van der Waals surface area contributed by atoms with Crippen LogP contribution in [0.5, 0.6) is 0 Å². The van der Waals surface area contributed by atoms with Gasteiger partial charge in [-0.25, -0.2) is 4.79 Å². The largest absolute Gasteiger partial charge is 0.444 e. The first-order valence-electron chi connectivity index (χ1n) is 9.00. The average Bonchev–Trinajstić information content (AvgIpc) is 2.60. The molecule has 1 aliphatic rings. The summed E-state index contributed by atoms with van der Waals surface area (Å²) in [5.41, 5.74) is 0.337. The number of hydrogen-bond acceptors (Lipinski definition) is 4. The topological polar surface area (TPSA) is 82.4 Å². The second-order valence-corrected chi connectivity index (χ2v) is 7.62. The lowest BCUT2D eigenvalue weighted by molar-refractivity contribution is -0.134. The van der Waals surface area contributed by atoms with E-state index in [-0.39, 0.29) is 11.8 Å². The molecule has 1 N–H and O–H groups in total. The van der Waals surface area contributed by atoms with Gasteiger partial charge in [0, 0.05) is 25.4 Å². The maximum atomic E-state index is 13.0. The Kier molecular flexibility index (Phi) is 6.62. The van der Waals surface area contributed by atoms with Crippen LogP contribution in [-0.4, -0.2) is 41.6 Å². The molecule has 0 spiro atoms. The zero-order chi connectivity index (χ0) is 19.2. The number of alkyl carbamates (subject to hydrolysis) is 1. The summed E-state index contributed by atoms with van der Waals surface area (Å²) < 4.78 is 5.31. The molecule has 2 amide bonds. The molecule has 0 radical (unpaired) electrons. The molecular weight excluding hydrogens is 330 g/mol. The summed E-state index contributed by atoms with van der Waals surface area (Å²) in [4.78, 5) is 26.9. The number of hydrogen-bond donors (Lipinski definition) is 1. The summed E-state index contributed by atoms with van der Waals surface area (Å²) in [5.74, 6) is -0.124. The van der Waals surface area contributed by atoms with Crippen LogP contribution < -0.4 is 5.32 Å². The van der Waals surface area contributed by atoms with Crippen LogP contribution >= 0.6 is 0 Å². The van der Waals surface area contributed by atoms with Crippen molar-refractivity contribution in [2.24, 2.45) is 5.92 Å². The molecule has 6 nitrogen and oxygen atoms in total. The number of piperidine rings is 1. The standard InChI is InChI=1S/C20H27N3O3/c1-20(2,3)26-19(25)22-17(13-15-7-5-4-6-8-15)18(24)23-11-9-16(14-21)10-12-23/h4-8,16-17H,9-13H2,1-3H3,(H,22,25). The molecule has 0 saturated carbocycles. The SMILES string of the molecule is CC(C)(C)OC(=O)NC(Cc1ccccc1)C(=O)N1CCC(C#N)CC1. The van der Waals surface area contributed by atoms with Crippen molar-refractivity contribution in [3.05, 3.63) is 35.9 Å². The van der Waals surface area contributed by atoms with Crippen LogP contribution in [-0.2, 0) is 16.0 Å². The lowest BCUT2D eigenvalue weighted by Crippen LogP contribution is -2.52. The van der Waals surface area contributed by atoms with E-state index in [1.165, 1.54) is 0 Å². The van der Waals surface area contributed by atoms with Crippen molar-refractivity contribution in [1.29, 1.82) is 5.26 Å². The minimum atomic E-state index is -0.689. The Labute approximate surface area is 155 Å². The summed E-state index contributed by atoms with van der Waals surface area (Å²) in [6.07, 6.45) is 1.15. The highest BCUT2D eigenvalue weighted by atomic mass is 16.6. The summed E-state index contributed by atoms with van der Waals surface area (Å²) in [5, 5.41) is 11.7. The van der Waals surface area contributed by atoms with Gasteiger partial charge in [0.15, 0.2) is 0 Å². The molecule has 1 unspecified atom stereocenters.